The first-order valence-electron chi connectivity index (χ1n) is 6.08. The maximum absolute atomic E-state index is 11.8. The first kappa shape index (κ1) is 14.4. The standard InChI is InChI=1S/C11H17N3O3S2/c1-8(15)12-11-13-9(7-18-11)10-5-3-4-6-14(10)19(2,16)17/h7,10H,3-6H2,1-2H3,(H,12,13,15). The summed E-state index contributed by atoms with van der Waals surface area (Å²) < 4.78 is 25.1. The van der Waals surface area contributed by atoms with Crippen LogP contribution in [0.1, 0.15) is 37.9 Å². The van der Waals surface area contributed by atoms with Crippen molar-refractivity contribution in [1.82, 2.24) is 9.29 Å². The van der Waals surface area contributed by atoms with E-state index in [0.717, 1.165) is 25.0 Å². The number of rotatable bonds is 3. The molecule has 1 saturated heterocycles. The largest absolute Gasteiger partial charge is 0.302 e. The number of aromatic nitrogens is 1. The van der Waals surface area contributed by atoms with Gasteiger partial charge in [0.25, 0.3) is 0 Å². The number of hydrogen-bond donors (Lipinski definition) is 1. The average Bonchev–Trinajstić information content (AvgIpc) is 2.75. The summed E-state index contributed by atoms with van der Waals surface area (Å²) in [6.07, 6.45) is 3.87. The van der Waals surface area contributed by atoms with Gasteiger partial charge in [-0.2, -0.15) is 4.31 Å². The molecule has 0 saturated carbocycles. The smallest absolute Gasteiger partial charge is 0.223 e. The van der Waals surface area contributed by atoms with E-state index in [4.69, 9.17) is 0 Å². The van der Waals surface area contributed by atoms with Crippen molar-refractivity contribution in [2.75, 3.05) is 18.1 Å². The highest BCUT2D eigenvalue weighted by molar-refractivity contribution is 7.88. The molecule has 1 aromatic heterocycles. The molecule has 2 heterocycles. The zero-order chi connectivity index (χ0) is 14.0. The Morgan fingerprint density at radius 3 is 2.89 bits per heavy atom. The molecule has 1 aliphatic rings. The minimum atomic E-state index is -3.23. The van der Waals surface area contributed by atoms with E-state index in [-0.39, 0.29) is 11.9 Å². The van der Waals surface area contributed by atoms with Crippen molar-refractivity contribution in [3.8, 4) is 0 Å². The SMILES string of the molecule is CC(=O)Nc1nc(C2CCCCN2S(C)(=O)=O)cs1. The fraction of sp³-hybridized carbons (Fsp3) is 0.636. The van der Waals surface area contributed by atoms with Crippen LogP contribution in [-0.4, -0.2) is 36.4 Å². The van der Waals surface area contributed by atoms with Crippen LogP contribution in [0.25, 0.3) is 0 Å². The summed E-state index contributed by atoms with van der Waals surface area (Å²) in [7, 11) is -3.23. The average molecular weight is 303 g/mol. The Labute approximate surface area is 116 Å². The van der Waals surface area contributed by atoms with Crippen LogP contribution in [0.15, 0.2) is 5.38 Å². The normalized spacial score (nSPS) is 21.3. The van der Waals surface area contributed by atoms with E-state index in [1.54, 1.807) is 0 Å². The van der Waals surface area contributed by atoms with Crippen molar-refractivity contribution in [3.63, 3.8) is 0 Å². The van der Waals surface area contributed by atoms with Crippen LogP contribution in [0.5, 0.6) is 0 Å². The number of carbonyl (C=O) groups excluding carboxylic acids is 1. The van der Waals surface area contributed by atoms with Crippen LogP contribution in [0.3, 0.4) is 0 Å². The van der Waals surface area contributed by atoms with Gasteiger partial charge in [-0.1, -0.05) is 6.42 Å². The Bertz CT molecular complexity index is 567. The molecular formula is C11H17N3O3S2. The van der Waals surface area contributed by atoms with E-state index in [1.807, 2.05) is 5.38 Å². The Morgan fingerprint density at radius 1 is 1.53 bits per heavy atom. The van der Waals surface area contributed by atoms with Crippen molar-refractivity contribution in [2.45, 2.75) is 32.2 Å². The third-order valence-corrected chi connectivity index (χ3v) is 5.09. The molecule has 1 unspecified atom stereocenters. The summed E-state index contributed by atoms with van der Waals surface area (Å²) in [5.41, 5.74) is 0.721. The number of piperidine rings is 1. The van der Waals surface area contributed by atoms with Crippen LogP contribution >= 0.6 is 11.3 Å². The quantitative estimate of drug-likeness (QED) is 0.919. The minimum Gasteiger partial charge on any atom is -0.302 e. The number of anilines is 1. The number of amides is 1. The minimum absolute atomic E-state index is 0.176. The van der Waals surface area contributed by atoms with Crippen molar-refractivity contribution < 1.29 is 13.2 Å². The Balaban J connectivity index is 2.23. The van der Waals surface area contributed by atoms with Gasteiger partial charge in [0, 0.05) is 18.8 Å². The maximum Gasteiger partial charge on any atom is 0.223 e. The second kappa shape index (κ2) is 5.56. The van der Waals surface area contributed by atoms with Gasteiger partial charge < -0.3 is 5.32 Å². The summed E-state index contributed by atoms with van der Waals surface area (Å²) in [4.78, 5) is 15.3. The van der Waals surface area contributed by atoms with Gasteiger partial charge in [-0.15, -0.1) is 11.3 Å². The molecule has 6 nitrogen and oxygen atoms in total. The highest BCUT2D eigenvalue weighted by atomic mass is 32.2. The number of hydrogen-bond acceptors (Lipinski definition) is 5. The van der Waals surface area contributed by atoms with Crippen LogP contribution in [-0.2, 0) is 14.8 Å². The highest BCUT2D eigenvalue weighted by Gasteiger charge is 2.32. The monoisotopic (exact) mass is 303 g/mol. The lowest BCUT2D eigenvalue weighted by molar-refractivity contribution is -0.114. The van der Waals surface area contributed by atoms with Gasteiger partial charge in [0.05, 0.1) is 18.0 Å². The molecule has 106 valence electrons. The van der Waals surface area contributed by atoms with Crippen molar-refractivity contribution in [1.29, 1.82) is 0 Å². The van der Waals surface area contributed by atoms with Crippen LogP contribution in [0, 0.1) is 0 Å². The fourth-order valence-electron chi connectivity index (χ4n) is 2.24. The lowest BCUT2D eigenvalue weighted by Gasteiger charge is -2.32. The van der Waals surface area contributed by atoms with E-state index in [9.17, 15) is 13.2 Å². The molecule has 2 rings (SSSR count). The van der Waals surface area contributed by atoms with E-state index in [0.29, 0.717) is 11.7 Å². The summed E-state index contributed by atoms with van der Waals surface area (Å²) in [6.45, 7) is 1.96. The molecule has 0 aliphatic carbocycles. The number of carbonyl (C=O) groups is 1. The summed E-state index contributed by atoms with van der Waals surface area (Å²) in [5.74, 6) is -0.176. The number of thiazole rings is 1. The third-order valence-electron chi connectivity index (χ3n) is 3.03. The van der Waals surface area contributed by atoms with Crippen LogP contribution in [0.2, 0.25) is 0 Å². The van der Waals surface area contributed by atoms with Gasteiger partial charge in [0.2, 0.25) is 15.9 Å². The van der Waals surface area contributed by atoms with Crippen molar-refractivity contribution in [2.24, 2.45) is 0 Å². The van der Waals surface area contributed by atoms with Gasteiger partial charge in [0.1, 0.15) is 0 Å². The predicted octanol–water partition coefficient (Wildman–Crippen LogP) is 1.59. The first-order chi connectivity index (χ1) is 8.88. The number of nitrogens with zero attached hydrogens (tertiary/aromatic N) is 2. The molecule has 1 aromatic rings. The molecular weight excluding hydrogens is 286 g/mol. The van der Waals surface area contributed by atoms with Gasteiger partial charge in [0.15, 0.2) is 5.13 Å². The lowest BCUT2D eigenvalue weighted by Crippen LogP contribution is -2.37. The van der Waals surface area contributed by atoms with E-state index in [1.165, 1.54) is 28.8 Å². The first-order valence-corrected chi connectivity index (χ1v) is 8.80. The summed E-state index contributed by atoms with van der Waals surface area (Å²) >= 11 is 1.32. The number of sulfonamides is 1. The predicted molar refractivity (Wildman–Crippen MR) is 74.6 cm³/mol. The molecule has 1 atom stereocenters. The second-order valence-electron chi connectivity index (χ2n) is 4.64. The topological polar surface area (TPSA) is 79.4 Å². The van der Waals surface area contributed by atoms with E-state index in [2.05, 4.69) is 10.3 Å². The van der Waals surface area contributed by atoms with Gasteiger partial charge >= 0.3 is 0 Å². The molecule has 8 heteroatoms. The van der Waals surface area contributed by atoms with Crippen molar-refractivity contribution in [3.05, 3.63) is 11.1 Å². The van der Waals surface area contributed by atoms with Crippen molar-refractivity contribution >= 4 is 32.4 Å². The highest BCUT2D eigenvalue weighted by Crippen LogP contribution is 2.34. The number of nitrogens with one attached hydrogen (secondary N) is 1. The van der Waals surface area contributed by atoms with Gasteiger partial charge in [-0.05, 0) is 12.8 Å². The fourth-order valence-corrected chi connectivity index (χ4v) is 4.18. The second-order valence-corrected chi connectivity index (χ2v) is 7.44. The van der Waals surface area contributed by atoms with E-state index < -0.39 is 10.0 Å². The molecule has 19 heavy (non-hydrogen) atoms. The molecule has 0 aromatic carbocycles. The third kappa shape index (κ3) is 3.52. The Hall–Kier alpha value is -0.990. The maximum atomic E-state index is 11.8. The summed E-state index contributed by atoms with van der Waals surface area (Å²) in [5, 5.41) is 4.95. The van der Waals surface area contributed by atoms with E-state index >= 15 is 0 Å². The van der Waals surface area contributed by atoms with Crippen LogP contribution in [0.4, 0.5) is 5.13 Å². The molecule has 1 fully saturated rings. The Kier molecular flexibility index (Phi) is 4.22. The summed E-state index contributed by atoms with van der Waals surface area (Å²) in [6, 6.07) is -0.206. The zero-order valence-corrected chi connectivity index (χ0v) is 12.6. The Morgan fingerprint density at radius 2 is 2.26 bits per heavy atom. The lowest BCUT2D eigenvalue weighted by atomic mass is 10.0. The molecule has 1 N–H and O–H groups in total. The van der Waals surface area contributed by atoms with Crippen LogP contribution < -0.4 is 5.32 Å². The van der Waals surface area contributed by atoms with Gasteiger partial charge in [-0.3, -0.25) is 4.79 Å². The molecule has 0 radical (unpaired) electrons. The molecule has 1 aliphatic heterocycles. The zero-order valence-electron chi connectivity index (χ0n) is 10.9. The molecule has 0 spiro atoms. The molecule has 0 bridgehead atoms. The molecule has 1 amide bonds. The van der Waals surface area contributed by atoms with Gasteiger partial charge in [-0.25, -0.2) is 13.4 Å².